The number of anilines is 2. The summed E-state index contributed by atoms with van der Waals surface area (Å²) in [5, 5.41) is 13.9. The number of aryl methyl sites for hydroxylation is 1. The van der Waals surface area contributed by atoms with Gasteiger partial charge in [-0.3, -0.25) is 19.5 Å². The number of unbranched alkanes of at least 4 members (excludes halogenated alkanes) is 2. The normalized spacial score (nSPS) is 15.2. The number of hydrogen-bond donors (Lipinski definition) is 4. The average Bonchev–Trinajstić information content (AvgIpc) is 2.26. The molecule has 0 bridgehead atoms. The highest BCUT2D eigenvalue weighted by Gasteiger charge is 2.45. The lowest BCUT2D eigenvalue weighted by Gasteiger charge is -2.27. The van der Waals surface area contributed by atoms with Crippen LogP contribution in [0.3, 0.4) is 0 Å². The number of H-pyrrole nitrogens is 1. The van der Waals surface area contributed by atoms with Gasteiger partial charge in [0.15, 0.2) is 11.4 Å². The molecule has 0 saturated heterocycles. The van der Waals surface area contributed by atoms with Crippen molar-refractivity contribution in [1.29, 1.82) is 0 Å². The van der Waals surface area contributed by atoms with Crippen molar-refractivity contribution in [2.45, 2.75) is 95.8 Å². The molecule has 0 atom stereocenters. The van der Waals surface area contributed by atoms with Gasteiger partial charge < -0.3 is 44.6 Å². The second-order valence-electron chi connectivity index (χ2n) is 21.3. The van der Waals surface area contributed by atoms with Gasteiger partial charge in [0.2, 0.25) is 23.4 Å². The second-order valence-corrected chi connectivity index (χ2v) is 22.7. The zero-order valence-corrected chi connectivity index (χ0v) is 48.5. The number of amides is 1. The van der Waals surface area contributed by atoms with Crippen molar-refractivity contribution in [3.63, 3.8) is 0 Å². The molecule has 4 heterocycles. The molecule has 21 heteroatoms. The SMILES string of the molecule is Cc1ccc2c(c1)C(C)(C)C(=CC=CC=CC=CC1=[N+](CCCCCC(=O)NCc3ccc(COc4nc(N)nc5nc[nH]c45)cc3)c3ccc(S(=O)(=O)O)cc3C1(C)C)N2CCOCCOCCOCCOCc1ccc([N+](=O)[O-])cc1. The van der Waals surface area contributed by atoms with Crippen molar-refractivity contribution in [2.75, 3.05) is 70.0 Å². The van der Waals surface area contributed by atoms with Crippen LogP contribution in [0.1, 0.15) is 86.8 Å². The molecule has 0 fully saturated rings. The Kier molecular flexibility index (Phi) is 20.9. The molecule has 0 saturated carbocycles. The van der Waals surface area contributed by atoms with E-state index in [1.54, 1.807) is 24.3 Å². The Morgan fingerprint density at radius 1 is 0.783 bits per heavy atom. The zero-order chi connectivity index (χ0) is 59.0. The molecule has 0 radical (unpaired) electrons. The monoisotopic (exact) mass is 1150 g/mol. The fourth-order valence-electron chi connectivity index (χ4n) is 10.1. The first-order chi connectivity index (χ1) is 39.9. The highest BCUT2D eigenvalue weighted by molar-refractivity contribution is 7.85. The van der Waals surface area contributed by atoms with Crippen molar-refractivity contribution in [1.82, 2.24) is 25.3 Å². The van der Waals surface area contributed by atoms with Gasteiger partial charge in [0, 0.05) is 72.6 Å². The number of nitrogens with two attached hydrogens (primary N) is 1. The van der Waals surface area contributed by atoms with E-state index in [9.17, 15) is 27.9 Å². The van der Waals surface area contributed by atoms with Crippen molar-refractivity contribution in [2.24, 2.45) is 0 Å². The smallest absolute Gasteiger partial charge is 0.294 e. The van der Waals surface area contributed by atoms with Gasteiger partial charge >= 0.3 is 0 Å². The predicted molar refractivity (Wildman–Crippen MR) is 319 cm³/mol. The summed E-state index contributed by atoms with van der Waals surface area (Å²) in [5.74, 6) is 0.365. The van der Waals surface area contributed by atoms with Gasteiger partial charge in [-0.05, 0) is 92.3 Å². The van der Waals surface area contributed by atoms with Crippen molar-refractivity contribution in [3.8, 4) is 5.88 Å². The minimum atomic E-state index is -4.42. The number of imidazole rings is 1. The number of non-ortho nitro benzene ring substituents is 1. The second kappa shape index (κ2) is 28.4. The van der Waals surface area contributed by atoms with Crippen LogP contribution in [0.4, 0.5) is 23.0 Å². The Balaban J connectivity index is 0.795. The summed E-state index contributed by atoms with van der Waals surface area (Å²) in [6.07, 6.45) is 18.4. The lowest BCUT2D eigenvalue weighted by Crippen LogP contribution is -2.29. The molecular weight excluding hydrogens is 1080 g/mol. The number of allylic oxidation sites excluding steroid dienone is 8. The number of aromatic nitrogens is 4. The zero-order valence-electron chi connectivity index (χ0n) is 47.7. The molecule has 0 spiro atoms. The first kappa shape index (κ1) is 61.2. The Morgan fingerprint density at radius 3 is 2.17 bits per heavy atom. The Hall–Kier alpha value is -7.92. The molecule has 83 heavy (non-hydrogen) atoms. The number of nitro groups is 1. The molecule has 2 aromatic heterocycles. The number of nitrogen functional groups attached to an aromatic ring is 1. The summed E-state index contributed by atoms with van der Waals surface area (Å²) in [4.78, 5) is 40.9. The van der Waals surface area contributed by atoms with Crippen molar-refractivity contribution >= 4 is 55.9 Å². The van der Waals surface area contributed by atoms with Crippen LogP contribution in [-0.2, 0) is 64.4 Å². The summed E-state index contributed by atoms with van der Waals surface area (Å²) >= 11 is 0. The summed E-state index contributed by atoms with van der Waals surface area (Å²) in [7, 11) is -4.42. The molecule has 5 N–H and O–H groups in total. The molecule has 2 aliphatic rings. The summed E-state index contributed by atoms with van der Waals surface area (Å²) in [5.41, 5.74) is 16.2. The highest BCUT2D eigenvalue weighted by atomic mass is 32.2. The minimum absolute atomic E-state index is 0.0335. The number of ether oxygens (including phenoxy) is 5. The number of aromatic amines is 1. The minimum Gasteiger partial charge on any atom is -0.471 e. The van der Waals surface area contributed by atoms with Crippen LogP contribution in [-0.4, -0.2) is 113 Å². The number of benzene rings is 4. The van der Waals surface area contributed by atoms with Gasteiger partial charge in [-0.15, -0.1) is 0 Å². The summed E-state index contributed by atoms with van der Waals surface area (Å²) < 4.78 is 65.6. The van der Waals surface area contributed by atoms with Crippen LogP contribution in [0.15, 0.2) is 144 Å². The van der Waals surface area contributed by atoms with Gasteiger partial charge in [0.05, 0.1) is 74.4 Å². The standard InChI is InChI=1S/C62H73N9O11S/c1-44-17-27-52-50(38-44)61(2,3)55(70(52)30-31-78-32-33-79-34-35-80-36-37-81-41-46-22-24-48(25-23-46)71(73)74)15-11-8-6-7-10-14-54-62(4,5)51-39-49(83(75,76)77)26-28-53(51)69(54)29-13-9-12-16-56(72)64-40-45-18-20-47(21-19-45)42-82-59-57-58(66-43-65-57)67-60(63)68-59/h6-8,10-11,14-15,17-28,38-39,43H,9,12-13,16,29-37,40-42H2,1-5H3,(H4-,63,64,65,66,67,68,72,75,76,77)/p+1. The molecule has 0 aliphatic carbocycles. The maximum atomic E-state index is 12.9. The fourth-order valence-corrected chi connectivity index (χ4v) is 10.7. The topological polar surface area (TPSA) is 259 Å². The highest BCUT2D eigenvalue weighted by Crippen LogP contribution is 2.48. The number of rotatable bonds is 31. The Bertz CT molecular complexity index is 3500. The van der Waals surface area contributed by atoms with Gasteiger partial charge in [0.25, 0.3) is 15.8 Å². The number of nitro benzene ring substituents is 1. The largest absolute Gasteiger partial charge is 0.471 e. The number of nitrogens with zero attached hydrogens (tertiary/aromatic N) is 6. The summed E-state index contributed by atoms with van der Waals surface area (Å²) in [6, 6.07) is 25.4. The third-order valence-corrected chi connectivity index (χ3v) is 15.4. The van der Waals surface area contributed by atoms with Gasteiger partial charge in [0.1, 0.15) is 18.7 Å². The number of carbonyl (C=O) groups excluding carboxylic acids is 1. The van der Waals surface area contributed by atoms with E-state index in [2.05, 4.69) is 106 Å². The third kappa shape index (κ3) is 16.2. The van der Waals surface area contributed by atoms with E-state index >= 15 is 0 Å². The van der Waals surface area contributed by atoms with Crippen molar-refractivity contribution in [3.05, 3.63) is 183 Å². The van der Waals surface area contributed by atoms with E-state index in [1.165, 1.54) is 35.7 Å². The quantitative estimate of drug-likeness (QED) is 0.00788. The number of carbonyl (C=O) groups is 1. The number of nitrogens with one attached hydrogen (secondary N) is 2. The molecule has 6 aromatic rings. The van der Waals surface area contributed by atoms with Gasteiger partial charge in [-0.2, -0.15) is 23.0 Å². The first-order valence-electron chi connectivity index (χ1n) is 27.8. The van der Waals surface area contributed by atoms with Gasteiger partial charge in [-0.25, -0.2) is 4.98 Å². The number of fused-ring (bicyclic) bond motifs is 3. The lowest BCUT2D eigenvalue weighted by atomic mass is 9.81. The maximum Gasteiger partial charge on any atom is 0.294 e. The van der Waals surface area contributed by atoms with E-state index in [-0.39, 0.29) is 34.5 Å². The molecule has 4 aromatic carbocycles. The number of hydrogen-bond acceptors (Lipinski definition) is 15. The van der Waals surface area contributed by atoms with Crippen LogP contribution in [0.2, 0.25) is 0 Å². The first-order valence-corrected chi connectivity index (χ1v) is 29.2. The molecule has 8 rings (SSSR count). The van der Waals surface area contributed by atoms with Crippen molar-refractivity contribution < 1.29 is 50.9 Å². The van der Waals surface area contributed by atoms with E-state index in [4.69, 9.17) is 29.4 Å². The third-order valence-electron chi connectivity index (χ3n) is 14.6. The van der Waals surface area contributed by atoms with E-state index in [0.717, 1.165) is 57.9 Å². The fraction of sp³-hybridized carbons (Fsp3) is 0.371. The van der Waals surface area contributed by atoms with E-state index in [0.29, 0.717) is 102 Å². The molecule has 2 aliphatic heterocycles. The average molecular weight is 1150 g/mol. The van der Waals surface area contributed by atoms with E-state index < -0.39 is 20.5 Å². The van der Waals surface area contributed by atoms with Crippen LogP contribution in [0, 0.1) is 17.0 Å². The van der Waals surface area contributed by atoms with Crippen LogP contribution in [0.5, 0.6) is 5.88 Å². The lowest BCUT2D eigenvalue weighted by molar-refractivity contribution is -0.438. The molecular formula is C62H74N9O11S+. The summed E-state index contributed by atoms with van der Waals surface area (Å²) in [6.45, 7) is 16.0. The Morgan fingerprint density at radius 2 is 1.45 bits per heavy atom. The molecule has 20 nitrogen and oxygen atoms in total. The molecule has 1 amide bonds. The maximum absolute atomic E-state index is 12.9. The Labute approximate surface area is 484 Å². The molecule has 0 unspecified atom stereocenters. The van der Waals surface area contributed by atoms with Crippen LogP contribution >= 0.6 is 0 Å². The predicted octanol–water partition coefficient (Wildman–Crippen LogP) is 9.85. The van der Waals surface area contributed by atoms with E-state index in [1.807, 2.05) is 48.6 Å². The van der Waals surface area contributed by atoms with Crippen LogP contribution < -0.4 is 20.7 Å². The van der Waals surface area contributed by atoms with Crippen LogP contribution in [0.25, 0.3) is 11.2 Å². The van der Waals surface area contributed by atoms with Gasteiger partial charge in [-0.1, -0.05) is 86.2 Å². The molecule has 438 valence electrons.